The Kier molecular flexibility index (Phi) is 9.70. The number of ether oxygens (including phenoxy) is 2. The zero-order valence-electron chi connectivity index (χ0n) is 17.9. The minimum absolute atomic E-state index is 0.445. The van der Waals surface area contributed by atoms with Crippen LogP contribution in [0, 0.1) is 22.7 Å². The molecule has 9 heteroatoms. The molecule has 0 aliphatic heterocycles. The van der Waals surface area contributed by atoms with E-state index in [1.54, 1.807) is 69.2 Å². The van der Waals surface area contributed by atoms with E-state index in [0.29, 0.717) is 0 Å². The zero-order valence-corrected chi connectivity index (χ0v) is 17.9. The van der Waals surface area contributed by atoms with Crippen LogP contribution in [-0.4, -0.2) is 34.5 Å². The predicted octanol–water partition coefficient (Wildman–Crippen LogP) is 4.49. The summed E-state index contributed by atoms with van der Waals surface area (Å²) in [5, 5.41) is 27.1. The maximum absolute atomic E-state index is 11.1. The van der Waals surface area contributed by atoms with E-state index in [-0.39, 0.29) is 0 Å². The lowest BCUT2D eigenvalue weighted by atomic mass is 10.1. The number of azo groups is 1. The van der Waals surface area contributed by atoms with Crippen LogP contribution < -0.4 is 5.32 Å². The smallest absolute Gasteiger partial charge is 0.428 e. The third-order valence-electron chi connectivity index (χ3n) is 2.14. The van der Waals surface area contributed by atoms with Crippen LogP contribution in [0.4, 0.5) is 9.59 Å². The number of carbonyl (C=O) groups is 2. The van der Waals surface area contributed by atoms with Crippen LogP contribution in [-0.2, 0) is 9.47 Å². The number of hydrogen-bond acceptors (Lipinski definition) is 8. The summed E-state index contributed by atoms with van der Waals surface area (Å²) in [6.07, 6.45) is -1.80. The minimum atomic E-state index is -0.996. The van der Waals surface area contributed by atoms with Crippen LogP contribution in [0.5, 0.6) is 0 Å². The molecule has 0 rings (SSSR count). The van der Waals surface area contributed by atoms with Gasteiger partial charge in [-0.3, -0.25) is 0 Å². The molecule has 0 aromatic carbocycles. The van der Waals surface area contributed by atoms with Crippen molar-refractivity contribution in [2.45, 2.75) is 91.5 Å². The molecular formula is C18H31N5O4. The molecule has 1 N–H and O–H groups in total. The van der Waals surface area contributed by atoms with Crippen LogP contribution in [0.25, 0.3) is 0 Å². The van der Waals surface area contributed by atoms with Gasteiger partial charge in [0.05, 0.1) is 12.1 Å². The summed E-state index contributed by atoms with van der Waals surface area (Å²) >= 11 is 0. The number of nitrogens with one attached hydrogen (secondary N) is 1. The van der Waals surface area contributed by atoms with E-state index in [1.165, 1.54) is 0 Å². The number of carbonyl (C=O) groups excluding carboxylic acids is 2. The predicted molar refractivity (Wildman–Crippen MR) is 99.8 cm³/mol. The van der Waals surface area contributed by atoms with E-state index in [1.807, 2.05) is 12.1 Å². The number of rotatable bonds is 2. The number of alkyl carbamates (subject to hydrolysis) is 1. The van der Waals surface area contributed by atoms with Crippen LogP contribution >= 0.6 is 0 Å². The van der Waals surface area contributed by atoms with Gasteiger partial charge in [0, 0.05) is 5.54 Å². The lowest BCUT2D eigenvalue weighted by molar-refractivity contribution is 0.00819. The summed E-state index contributed by atoms with van der Waals surface area (Å²) in [6, 6.07) is 3.94. The topological polar surface area (TPSA) is 137 Å². The fourth-order valence-corrected chi connectivity index (χ4v) is 0.973. The first kappa shape index (κ1) is 26.5. The Morgan fingerprint density at radius 1 is 0.815 bits per heavy atom. The third kappa shape index (κ3) is 17.9. The summed E-state index contributed by atoms with van der Waals surface area (Å²) in [5.74, 6) is 0. The fraction of sp³-hybridized carbons (Fsp3) is 0.778. The highest BCUT2D eigenvalue weighted by Crippen LogP contribution is 2.13. The Morgan fingerprint density at radius 2 is 1.19 bits per heavy atom. The highest BCUT2D eigenvalue weighted by molar-refractivity contribution is 5.81. The molecule has 152 valence electrons. The zero-order chi connectivity index (χ0) is 22.1. The van der Waals surface area contributed by atoms with Crippen LogP contribution in [0.3, 0.4) is 0 Å². The van der Waals surface area contributed by atoms with E-state index in [2.05, 4.69) is 20.3 Å². The summed E-state index contributed by atoms with van der Waals surface area (Å²) < 4.78 is 9.19. The average Bonchev–Trinajstić information content (AvgIpc) is 2.42. The molecule has 0 saturated carbocycles. The van der Waals surface area contributed by atoms with Crippen molar-refractivity contribution < 1.29 is 19.1 Å². The van der Waals surface area contributed by atoms with E-state index in [0.717, 1.165) is 0 Å². The van der Waals surface area contributed by atoms with E-state index in [4.69, 9.17) is 15.3 Å². The molecule has 0 radical (unpaired) electrons. The lowest BCUT2D eigenvalue weighted by Gasteiger charge is -2.21. The Hall–Kier alpha value is -2.68. The van der Waals surface area contributed by atoms with Gasteiger partial charge in [-0.15, -0.1) is 0 Å². The van der Waals surface area contributed by atoms with Crippen LogP contribution in [0.2, 0.25) is 0 Å². The van der Waals surface area contributed by atoms with Gasteiger partial charge in [-0.1, -0.05) is 0 Å². The maximum atomic E-state index is 11.1. The molecule has 1 amide bonds. The Morgan fingerprint density at radius 3 is 1.44 bits per heavy atom. The van der Waals surface area contributed by atoms with Crippen molar-refractivity contribution in [1.29, 1.82) is 10.5 Å². The molecule has 0 aliphatic rings. The molecule has 0 fully saturated rings. The minimum Gasteiger partial charge on any atom is -0.428 e. The highest BCUT2D eigenvalue weighted by atomic mass is 16.8. The van der Waals surface area contributed by atoms with E-state index < -0.39 is 34.5 Å². The normalized spacial score (nSPS) is 12.1. The maximum Gasteiger partial charge on any atom is 0.517 e. The van der Waals surface area contributed by atoms with Crippen molar-refractivity contribution in [1.82, 2.24) is 5.32 Å². The molecule has 0 heterocycles. The van der Waals surface area contributed by atoms with Crippen molar-refractivity contribution in [2.24, 2.45) is 10.2 Å². The van der Waals surface area contributed by atoms with Gasteiger partial charge in [-0.25, -0.2) is 9.59 Å². The molecule has 0 bridgehead atoms. The molecule has 0 aromatic heterocycles. The van der Waals surface area contributed by atoms with Gasteiger partial charge in [0.25, 0.3) is 0 Å². The molecular weight excluding hydrogens is 350 g/mol. The van der Waals surface area contributed by atoms with Gasteiger partial charge >= 0.3 is 12.2 Å². The first-order valence-electron chi connectivity index (χ1n) is 8.32. The second-order valence-corrected chi connectivity index (χ2v) is 8.77. The van der Waals surface area contributed by atoms with Gasteiger partial charge in [-0.2, -0.15) is 20.8 Å². The van der Waals surface area contributed by atoms with Crippen molar-refractivity contribution in [2.75, 3.05) is 0 Å². The Labute approximate surface area is 161 Å². The summed E-state index contributed by atoms with van der Waals surface area (Å²) in [5.41, 5.74) is -2.79. The number of nitriles is 2. The average molecular weight is 381 g/mol. The molecule has 27 heavy (non-hydrogen) atoms. The first-order chi connectivity index (χ1) is 11.8. The molecule has 0 saturated heterocycles. The Balaban J connectivity index is 0. The van der Waals surface area contributed by atoms with Crippen molar-refractivity contribution in [3.05, 3.63) is 0 Å². The Bertz CT molecular complexity index is 572. The molecule has 0 aromatic rings. The number of amides is 1. The van der Waals surface area contributed by atoms with Gasteiger partial charge < -0.3 is 14.8 Å². The lowest BCUT2D eigenvalue weighted by Crippen LogP contribution is -2.42. The van der Waals surface area contributed by atoms with Crippen LogP contribution in [0.1, 0.15) is 69.2 Å². The summed E-state index contributed by atoms with van der Waals surface area (Å²) in [7, 11) is 0. The SMILES string of the molecule is CC(C)(C#N)N=NC(C)(C)C#N.CC(C)(C)NC(=O)OC(=O)OC(C)(C)C. The largest absolute Gasteiger partial charge is 0.517 e. The fourth-order valence-electron chi connectivity index (χ4n) is 0.973. The molecule has 0 atom stereocenters. The van der Waals surface area contributed by atoms with Gasteiger partial charge in [-0.05, 0) is 69.2 Å². The molecule has 9 nitrogen and oxygen atoms in total. The third-order valence-corrected chi connectivity index (χ3v) is 2.14. The second kappa shape index (κ2) is 9.86. The van der Waals surface area contributed by atoms with Crippen molar-refractivity contribution in [3.8, 4) is 12.1 Å². The van der Waals surface area contributed by atoms with Gasteiger partial charge in [0.2, 0.25) is 0 Å². The van der Waals surface area contributed by atoms with Gasteiger partial charge in [0.15, 0.2) is 11.1 Å². The molecule has 0 aliphatic carbocycles. The number of hydrogen-bond donors (Lipinski definition) is 1. The van der Waals surface area contributed by atoms with E-state index in [9.17, 15) is 9.59 Å². The summed E-state index contributed by atoms with van der Waals surface area (Å²) in [4.78, 5) is 22.2. The molecule has 0 spiro atoms. The molecule has 0 unspecified atom stereocenters. The van der Waals surface area contributed by atoms with Crippen molar-refractivity contribution in [3.63, 3.8) is 0 Å². The van der Waals surface area contributed by atoms with Crippen LogP contribution in [0.15, 0.2) is 10.2 Å². The quantitative estimate of drug-likeness (QED) is 0.425. The second-order valence-electron chi connectivity index (χ2n) is 8.77. The summed E-state index contributed by atoms with van der Waals surface area (Å²) in [6.45, 7) is 17.0. The van der Waals surface area contributed by atoms with Crippen molar-refractivity contribution >= 4 is 12.2 Å². The monoisotopic (exact) mass is 381 g/mol. The number of nitrogens with zero attached hydrogens (tertiary/aromatic N) is 4. The van der Waals surface area contributed by atoms with E-state index >= 15 is 0 Å². The first-order valence-corrected chi connectivity index (χ1v) is 8.32. The highest BCUT2D eigenvalue weighted by Gasteiger charge is 2.22. The van der Waals surface area contributed by atoms with Gasteiger partial charge in [0.1, 0.15) is 5.60 Å². The standard InChI is InChI=1S/C10H19NO4.C8H12N4/c1-9(2,3)11-7(12)14-8(13)15-10(4,5)6;1-7(2,5-9)11-12-8(3,4)6-10/h1-6H3,(H,11,12);1-4H3.